The van der Waals surface area contributed by atoms with Crippen molar-refractivity contribution in [1.29, 1.82) is 0 Å². The fraction of sp³-hybridized carbons (Fsp3) is 0.182. The van der Waals surface area contributed by atoms with E-state index in [9.17, 15) is 0 Å². The van der Waals surface area contributed by atoms with Gasteiger partial charge in [-0.3, -0.25) is 4.98 Å². The standard InChI is InChI=1S/C11H12N4S2/c1-15(5-8-6-17-7-14-8)9-3-2-4-13-10(9)11(12)16/h2-4,6-7H,5H2,1H3,(H2,12,16). The van der Waals surface area contributed by atoms with E-state index in [1.54, 1.807) is 17.5 Å². The number of nitrogens with zero attached hydrogens (tertiary/aromatic N) is 3. The second kappa shape index (κ2) is 5.20. The Morgan fingerprint density at radius 2 is 2.35 bits per heavy atom. The SMILES string of the molecule is CN(Cc1cscn1)c1cccnc1C(N)=S. The summed E-state index contributed by atoms with van der Waals surface area (Å²) in [5.74, 6) is 0. The predicted octanol–water partition coefficient (Wildman–Crippen LogP) is 1.81. The van der Waals surface area contributed by atoms with Crippen LogP contribution >= 0.6 is 23.6 Å². The molecule has 0 aromatic carbocycles. The molecule has 2 aromatic heterocycles. The number of rotatable bonds is 4. The van der Waals surface area contributed by atoms with E-state index in [-0.39, 0.29) is 0 Å². The van der Waals surface area contributed by atoms with E-state index in [1.165, 1.54) is 0 Å². The molecular formula is C11H12N4S2. The molecule has 2 rings (SSSR count). The average Bonchev–Trinajstić information content (AvgIpc) is 2.81. The molecule has 0 fully saturated rings. The molecule has 4 nitrogen and oxygen atoms in total. The molecule has 0 aliphatic heterocycles. The minimum absolute atomic E-state index is 0.311. The second-order valence-corrected chi connectivity index (χ2v) is 4.73. The summed E-state index contributed by atoms with van der Waals surface area (Å²) in [6.07, 6.45) is 1.69. The third kappa shape index (κ3) is 2.78. The normalized spacial score (nSPS) is 10.2. The fourth-order valence-electron chi connectivity index (χ4n) is 1.54. The van der Waals surface area contributed by atoms with E-state index >= 15 is 0 Å². The minimum Gasteiger partial charge on any atom is -0.388 e. The van der Waals surface area contributed by atoms with Crippen LogP contribution in [-0.2, 0) is 6.54 Å². The lowest BCUT2D eigenvalue weighted by molar-refractivity contribution is 0.889. The Hall–Kier alpha value is -1.53. The highest BCUT2D eigenvalue weighted by Crippen LogP contribution is 2.18. The van der Waals surface area contributed by atoms with Gasteiger partial charge in [-0.2, -0.15) is 0 Å². The highest BCUT2D eigenvalue weighted by atomic mass is 32.1. The van der Waals surface area contributed by atoms with Crippen LogP contribution in [0.1, 0.15) is 11.4 Å². The highest BCUT2D eigenvalue weighted by Gasteiger charge is 2.11. The number of hydrogen-bond acceptors (Lipinski definition) is 5. The number of hydrogen-bond donors (Lipinski definition) is 1. The fourth-order valence-corrected chi connectivity index (χ4v) is 2.25. The van der Waals surface area contributed by atoms with Gasteiger partial charge in [0.05, 0.1) is 23.4 Å². The van der Waals surface area contributed by atoms with Gasteiger partial charge >= 0.3 is 0 Å². The lowest BCUT2D eigenvalue weighted by Crippen LogP contribution is -2.22. The summed E-state index contributed by atoms with van der Waals surface area (Å²) in [4.78, 5) is 10.8. The molecule has 88 valence electrons. The molecule has 0 aliphatic rings. The average molecular weight is 264 g/mol. The molecule has 17 heavy (non-hydrogen) atoms. The van der Waals surface area contributed by atoms with Gasteiger partial charge < -0.3 is 10.6 Å². The van der Waals surface area contributed by atoms with Crippen molar-refractivity contribution in [1.82, 2.24) is 9.97 Å². The molecule has 0 saturated heterocycles. The summed E-state index contributed by atoms with van der Waals surface area (Å²) in [7, 11) is 1.97. The molecule has 0 spiro atoms. The molecule has 0 unspecified atom stereocenters. The third-order valence-corrected chi connectivity index (χ3v) is 3.14. The molecule has 2 aromatic rings. The van der Waals surface area contributed by atoms with E-state index < -0.39 is 0 Å². The van der Waals surface area contributed by atoms with E-state index in [2.05, 4.69) is 9.97 Å². The lowest BCUT2D eigenvalue weighted by Gasteiger charge is -2.20. The van der Waals surface area contributed by atoms with Crippen LogP contribution in [0.15, 0.2) is 29.2 Å². The Balaban J connectivity index is 2.24. The maximum atomic E-state index is 5.65. The molecule has 0 radical (unpaired) electrons. The molecule has 2 N–H and O–H groups in total. The highest BCUT2D eigenvalue weighted by molar-refractivity contribution is 7.80. The van der Waals surface area contributed by atoms with E-state index in [1.807, 2.05) is 35.0 Å². The monoisotopic (exact) mass is 264 g/mol. The van der Waals surface area contributed by atoms with Crippen LogP contribution < -0.4 is 10.6 Å². The Labute approximate surface area is 109 Å². The Bertz CT molecular complexity index is 510. The molecular weight excluding hydrogens is 252 g/mol. The first-order valence-corrected chi connectivity index (χ1v) is 6.36. The zero-order valence-corrected chi connectivity index (χ0v) is 11.0. The van der Waals surface area contributed by atoms with Crippen molar-refractivity contribution >= 4 is 34.2 Å². The van der Waals surface area contributed by atoms with Gasteiger partial charge in [-0.1, -0.05) is 12.2 Å². The Morgan fingerprint density at radius 1 is 1.53 bits per heavy atom. The van der Waals surface area contributed by atoms with Crippen LogP contribution in [0.3, 0.4) is 0 Å². The summed E-state index contributed by atoms with van der Waals surface area (Å²) < 4.78 is 0. The van der Waals surface area contributed by atoms with Gasteiger partial charge in [0.15, 0.2) is 0 Å². The third-order valence-electron chi connectivity index (χ3n) is 2.31. The van der Waals surface area contributed by atoms with Gasteiger partial charge in [0.25, 0.3) is 0 Å². The van der Waals surface area contributed by atoms with Crippen molar-refractivity contribution in [3.63, 3.8) is 0 Å². The molecule has 2 heterocycles. The summed E-state index contributed by atoms with van der Waals surface area (Å²) in [5.41, 5.74) is 10.1. The van der Waals surface area contributed by atoms with E-state index in [0.29, 0.717) is 17.2 Å². The number of aromatic nitrogens is 2. The van der Waals surface area contributed by atoms with E-state index in [4.69, 9.17) is 18.0 Å². The molecule has 0 aliphatic carbocycles. The zero-order chi connectivity index (χ0) is 12.3. The minimum atomic E-state index is 0.311. The van der Waals surface area contributed by atoms with Crippen molar-refractivity contribution in [2.45, 2.75) is 6.54 Å². The van der Waals surface area contributed by atoms with Crippen molar-refractivity contribution < 1.29 is 0 Å². The van der Waals surface area contributed by atoms with Gasteiger partial charge in [-0.25, -0.2) is 4.98 Å². The van der Waals surface area contributed by atoms with Gasteiger partial charge in [-0.15, -0.1) is 11.3 Å². The van der Waals surface area contributed by atoms with Crippen LogP contribution in [-0.4, -0.2) is 22.0 Å². The smallest absolute Gasteiger partial charge is 0.124 e. The van der Waals surface area contributed by atoms with Crippen LogP contribution in [0.4, 0.5) is 5.69 Å². The second-order valence-electron chi connectivity index (χ2n) is 3.57. The first-order valence-electron chi connectivity index (χ1n) is 5.01. The summed E-state index contributed by atoms with van der Waals surface area (Å²) in [5, 5.41) is 2.02. The van der Waals surface area contributed by atoms with Gasteiger partial charge in [-0.05, 0) is 12.1 Å². The molecule has 0 saturated carbocycles. The Morgan fingerprint density at radius 3 is 3.00 bits per heavy atom. The number of thiazole rings is 1. The predicted molar refractivity (Wildman–Crippen MR) is 74.3 cm³/mol. The van der Waals surface area contributed by atoms with Crippen LogP contribution in [0.5, 0.6) is 0 Å². The number of nitrogens with two attached hydrogens (primary N) is 1. The molecule has 6 heteroatoms. The molecule has 0 atom stereocenters. The molecule has 0 bridgehead atoms. The van der Waals surface area contributed by atoms with Gasteiger partial charge in [0.2, 0.25) is 0 Å². The number of anilines is 1. The number of pyridine rings is 1. The topological polar surface area (TPSA) is 55.0 Å². The van der Waals surface area contributed by atoms with Crippen molar-refractivity contribution in [3.8, 4) is 0 Å². The van der Waals surface area contributed by atoms with Gasteiger partial charge in [0.1, 0.15) is 10.7 Å². The summed E-state index contributed by atoms with van der Waals surface area (Å²) in [6.45, 7) is 0.713. The number of thiocarbonyl (C=S) groups is 1. The van der Waals surface area contributed by atoms with E-state index in [0.717, 1.165) is 11.4 Å². The van der Waals surface area contributed by atoms with Crippen molar-refractivity contribution in [2.75, 3.05) is 11.9 Å². The quantitative estimate of drug-likeness (QED) is 0.854. The first-order chi connectivity index (χ1) is 8.18. The molecule has 0 amide bonds. The zero-order valence-electron chi connectivity index (χ0n) is 9.33. The van der Waals surface area contributed by atoms with Crippen LogP contribution in [0, 0.1) is 0 Å². The maximum absolute atomic E-state index is 5.65. The maximum Gasteiger partial charge on any atom is 0.124 e. The largest absolute Gasteiger partial charge is 0.388 e. The first kappa shape index (κ1) is 11.9. The van der Waals surface area contributed by atoms with Gasteiger partial charge in [0, 0.05) is 18.6 Å². The summed E-state index contributed by atoms with van der Waals surface area (Å²) in [6, 6.07) is 3.82. The summed E-state index contributed by atoms with van der Waals surface area (Å²) >= 11 is 6.58. The van der Waals surface area contributed by atoms with Crippen LogP contribution in [0.2, 0.25) is 0 Å². The van der Waals surface area contributed by atoms with Crippen molar-refractivity contribution in [2.24, 2.45) is 5.73 Å². The van der Waals surface area contributed by atoms with Crippen LogP contribution in [0.25, 0.3) is 0 Å². The van der Waals surface area contributed by atoms with Crippen molar-refractivity contribution in [3.05, 3.63) is 40.6 Å². The Kier molecular flexibility index (Phi) is 3.65. The lowest BCUT2D eigenvalue weighted by atomic mass is 10.2.